The summed E-state index contributed by atoms with van der Waals surface area (Å²) in [6, 6.07) is 12.4. The summed E-state index contributed by atoms with van der Waals surface area (Å²) in [4.78, 5) is 27.1. The van der Waals surface area contributed by atoms with Gasteiger partial charge in [0.2, 0.25) is 11.8 Å². The van der Waals surface area contributed by atoms with Gasteiger partial charge in [-0.2, -0.15) is 0 Å². The van der Waals surface area contributed by atoms with Crippen LogP contribution in [0.25, 0.3) is 11.1 Å². The summed E-state index contributed by atoms with van der Waals surface area (Å²) in [7, 11) is 0. The molecule has 4 aliphatic carbocycles. The van der Waals surface area contributed by atoms with Crippen LogP contribution in [0.1, 0.15) is 77.3 Å². The number of aryl methyl sites for hydroxylation is 2. The van der Waals surface area contributed by atoms with Crippen LogP contribution in [0.4, 0.5) is 11.4 Å². The lowest BCUT2D eigenvalue weighted by atomic mass is 9.68. The first-order valence-electron chi connectivity index (χ1n) is 15.0. The lowest BCUT2D eigenvalue weighted by molar-refractivity contribution is -0.124. The summed E-state index contributed by atoms with van der Waals surface area (Å²) in [6.07, 6.45) is 5.83. The van der Waals surface area contributed by atoms with E-state index >= 15 is 0 Å². The second-order valence-electron chi connectivity index (χ2n) is 14.4. The molecule has 4 aliphatic rings. The molecule has 0 unspecified atom stereocenters. The van der Waals surface area contributed by atoms with Gasteiger partial charge in [-0.1, -0.05) is 64.1 Å². The number of carbonyl (C=O) groups is 2. The lowest BCUT2D eigenvalue weighted by Gasteiger charge is -2.37. The summed E-state index contributed by atoms with van der Waals surface area (Å²) in [5.41, 5.74) is 7.34. The molecule has 2 N–H and O–H groups in total. The van der Waals surface area contributed by atoms with Crippen LogP contribution in [0.3, 0.4) is 0 Å². The maximum absolute atomic E-state index is 13.6. The molecule has 4 atom stereocenters. The van der Waals surface area contributed by atoms with Crippen LogP contribution < -0.4 is 10.6 Å². The van der Waals surface area contributed by atoms with E-state index < -0.39 is 10.8 Å². The Hall–Kier alpha value is -3.14. The molecular formula is C36H44N2O2. The Morgan fingerprint density at radius 2 is 1.07 bits per heavy atom. The van der Waals surface area contributed by atoms with Crippen molar-refractivity contribution in [1.29, 1.82) is 0 Å². The van der Waals surface area contributed by atoms with Crippen molar-refractivity contribution in [3.63, 3.8) is 0 Å². The number of hydrogen-bond acceptors (Lipinski definition) is 2. The van der Waals surface area contributed by atoms with Gasteiger partial charge in [0.05, 0.1) is 10.8 Å². The predicted octanol–water partition coefficient (Wildman–Crippen LogP) is 8.61. The monoisotopic (exact) mass is 536 g/mol. The summed E-state index contributed by atoms with van der Waals surface area (Å²) < 4.78 is 0. The van der Waals surface area contributed by atoms with Crippen molar-refractivity contribution < 1.29 is 9.59 Å². The molecule has 40 heavy (non-hydrogen) atoms. The van der Waals surface area contributed by atoms with Crippen molar-refractivity contribution in [1.82, 2.24) is 0 Å². The number of carbonyl (C=O) groups excluding carboxylic acids is 2. The van der Waals surface area contributed by atoms with Crippen LogP contribution in [0, 0.1) is 47.3 Å². The molecule has 0 saturated heterocycles. The Bertz CT molecular complexity index is 1370. The molecule has 4 heteroatoms. The average molecular weight is 537 g/mol. The quantitative estimate of drug-likeness (QED) is 0.376. The third-order valence-corrected chi connectivity index (χ3v) is 11.9. The van der Waals surface area contributed by atoms with Gasteiger partial charge < -0.3 is 10.6 Å². The standard InChI is InChI=1S/C36H44N2O2/c1-21-17-25(9-11-29(21)37-31(39)35-15-13-27(19-35)33(5,6)23(35)3)26-10-12-30(22(2)18-26)38-32(40)36-16-14-28(20-36)34(7,8)24(36)4/h9-12,17-18,27-28H,3-4,13-16,19-20H2,1-2,5-8H3,(H,37,39)(H,38,40)/t27-,28+,35-,36+. The molecule has 4 bridgehead atoms. The first kappa shape index (κ1) is 27.1. The zero-order valence-electron chi connectivity index (χ0n) is 25.1. The summed E-state index contributed by atoms with van der Waals surface area (Å²) in [5, 5.41) is 6.51. The molecule has 6 rings (SSSR count). The van der Waals surface area contributed by atoms with Crippen LogP contribution in [0.5, 0.6) is 0 Å². The fourth-order valence-corrected chi connectivity index (χ4v) is 8.73. The Morgan fingerprint density at radius 1 is 0.700 bits per heavy atom. The van der Waals surface area contributed by atoms with Crippen molar-refractivity contribution in [2.45, 2.75) is 80.1 Å². The van der Waals surface area contributed by atoms with E-state index in [0.29, 0.717) is 11.8 Å². The highest BCUT2D eigenvalue weighted by molar-refractivity contribution is 6.00. The van der Waals surface area contributed by atoms with Gasteiger partial charge in [-0.05, 0) is 122 Å². The third-order valence-electron chi connectivity index (χ3n) is 11.9. The second kappa shape index (κ2) is 8.68. The topological polar surface area (TPSA) is 58.2 Å². The molecule has 2 aromatic carbocycles. The highest BCUT2D eigenvalue weighted by Crippen LogP contribution is 2.66. The SMILES string of the molecule is C=C1C(C)(C)[C@H]2CC[C@]1(C(=O)Nc1ccc(-c3ccc(NC(=O)[C@]45CC[C@H](C4)C(C)(C)C5=C)c(C)c3)cc1C)C2. The third kappa shape index (κ3) is 3.63. The minimum atomic E-state index is -0.434. The molecule has 4 saturated carbocycles. The van der Waals surface area contributed by atoms with E-state index in [4.69, 9.17) is 0 Å². The number of nitrogens with one attached hydrogen (secondary N) is 2. The molecule has 2 amide bonds. The van der Waals surface area contributed by atoms with E-state index in [1.807, 2.05) is 26.0 Å². The number of amides is 2. The van der Waals surface area contributed by atoms with Gasteiger partial charge in [-0.3, -0.25) is 9.59 Å². The van der Waals surface area contributed by atoms with Crippen molar-refractivity contribution >= 4 is 23.2 Å². The van der Waals surface area contributed by atoms with E-state index in [0.717, 1.165) is 83.3 Å². The Morgan fingerprint density at radius 3 is 1.38 bits per heavy atom. The molecule has 210 valence electrons. The van der Waals surface area contributed by atoms with Gasteiger partial charge in [0.15, 0.2) is 0 Å². The molecule has 0 aromatic heterocycles. The maximum atomic E-state index is 13.6. The molecule has 2 aromatic rings. The molecule has 0 aliphatic heterocycles. The zero-order valence-corrected chi connectivity index (χ0v) is 25.1. The Kier molecular flexibility index (Phi) is 5.87. The number of benzene rings is 2. The van der Waals surface area contributed by atoms with Gasteiger partial charge in [0.1, 0.15) is 0 Å². The Balaban J connectivity index is 1.17. The van der Waals surface area contributed by atoms with E-state index in [2.05, 4.69) is 75.8 Å². The van der Waals surface area contributed by atoms with Crippen molar-refractivity contribution in [3.05, 3.63) is 71.8 Å². The smallest absolute Gasteiger partial charge is 0.234 e. The van der Waals surface area contributed by atoms with Crippen molar-refractivity contribution in [2.75, 3.05) is 10.6 Å². The van der Waals surface area contributed by atoms with Crippen molar-refractivity contribution in [3.8, 4) is 11.1 Å². The maximum Gasteiger partial charge on any atom is 0.234 e. The number of fused-ring (bicyclic) bond motifs is 4. The summed E-state index contributed by atoms with van der Waals surface area (Å²) in [6.45, 7) is 21.8. The molecule has 0 spiro atoms. The van der Waals surface area contributed by atoms with E-state index in [1.54, 1.807) is 0 Å². The van der Waals surface area contributed by atoms with Crippen LogP contribution >= 0.6 is 0 Å². The number of hydrogen-bond donors (Lipinski definition) is 2. The van der Waals surface area contributed by atoms with Crippen LogP contribution in [0.15, 0.2) is 60.7 Å². The largest absolute Gasteiger partial charge is 0.325 e. The molecule has 0 radical (unpaired) electrons. The summed E-state index contributed by atoms with van der Waals surface area (Å²) >= 11 is 0. The van der Waals surface area contributed by atoms with Crippen LogP contribution in [-0.4, -0.2) is 11.8 Å². The minimum absolute atomic E-state index is 0.0266. The second-order valence-corrected chi connectivity index (χ2v) is 14.4. The molecule has 0 heterocycles. The average Bonchev–Trinajstić information content (AvgIpc) is 3.64. The van der Waals surface area contributed by atoms with Crippen molar-refractivity contribution in [2.24, 2.45) is 33.5 Å². The van der Waals surface area contributed by atoms with Gasteiger partial charge in [0, 0.05) is 11.4 Å². The molecule has 4 fully saturated rings. The van der Waals surface area contributed by atoms with Gasteiger partial charge in [0.25, 0.3) is 0 Å². The Labute approximate surface area is 239 Å². The normalized spacial score (nSPS) is 31.1. The van der Waals surface area contributed by atoms with E-state index in [1.165, 1.54) is 0 Å². The number of anilines is 2. The summed E-state index contributed by atoms with van der Waals surface area (Å²) in [5.74, 6) is 1.28. The predicted molar refractivity (Wildman–Crippen MR) is 164 cm³/mol. The fraction of sp³-hybridized carbons (Fsp3) is 0.500. The highest BCUT2D eigenvalue weighted by atomic mass is 16.2. The zero-order chi connectivity index (χ0) is 28.8. The van der Waals surface area contributed by atoms with Gasteiger partial charge in [-0.25, -0.2) is 0 Å². The first-order chi connectivity index (χ1) is 18.7. The number of rotatable bonds is 5. The highest BCUT2D eigenvalue weighted by Gasteiger charge is 2.62. The van der Waals surface area contributed by atoms with Gasteiger partial charge in [-0.15, -0.1) is 0 Å². The fourth-order valence-electron chi connectivity index (χ4n) is 8.73. The van der Waals surface area contributed by atoms with E-state index in [9.17, 15) is 9.59 Å². The first-order valence-corrected chi connectivity index (χ1v) is 15.0. The molecule has 4 nitrogen and oxygen atoms in total. The van der Waals surface area contributed by atoms with Crippen LogP contribution in [0.2, 0.25) is 0 Å². The van der Waals surface area contributed by atoms with Crippen LogP contribution in [-0.2, 0) is 9.59 Å². The lowest BCUT2D eigenvalue weighted by Crippen LogP contribution is -2.37. The molecular weight excluding hydrogens is 492 g/mol. The van der Waals surface area contributed by atoms with Gasteiger partial charge >= 0.3 is 0 Å². The minimum Gasteiger partial charge on any atom is -0.325 e. The van der Waals surface area contributed by atoms with E-state index in [-0.39, 0.29) is 22.6 Å².